The van der Waals surface area contributed by atoms with Crippen LogP contribution in [0.4, 0.5) is 5.82 Å². The molecule has 2 aromatic rings. The first-order chi connectivity index (χ1) is 9.54. The minimum Gasteiger partial charge on any atom is -0.488 e. The fourth-order valence-electron chi connectivity index (χ4n) is 2.34. The number of nitrogens with one attached hydrogen (secondary N) is 1. The fraction of sp³-hybridized carbons (Fsp3) is 0.353. The molecule has 0 fully saturated rings. The average Bonchev–Trinajstić information content (AvgIpc) is 2.46. The molecule has 104 valence electrons. The van der Waals surface area contributed by atoms with Gasteiger partial charge in [-0.25, -0.2) is 4.98 Å². The lowest BCUT2D eigenvalue weighted by Crippen LogP contribution is -2.18. The smallest absolute Gasteiger partial charge is 0.168 e. The van der Waals surface area contributed by atoms with Gasteiger partial charge in [0, 0.05) is 11.8 Å². The summed E-state index contributed by atoms with van der Waals surface area (Å²) in [5.41, 5.74) is 3.78. The van der Waals surface area contributed by atoms with Crippen LogP contribution in [-0.2, 0) is 5.41 Å². The van der Waals surface area contributed by atoms with Crippen molar-refractivity contribution in [2.45, 2.75) is 26.2 Å². The summed E-state index contributed by atoms with van der Waals surface area (Å²) in [5.74, 6) is 1.68. The van der Waals surface area contributed by atoms with E-state index in [1.807, 2.05) is 6.20 Å². The van der Waals surface area contributed by atoms with Gasteiger partial charge >= 0.3 is 0 Å². The van der Waals surface area contributed by atoms with Crippen LogP contribution in [0.2, 0.25) is 0 Å². The zero-order valence-electron chi connectivity index (χ0n) is 12.2. The maximum absolute atomic E-state index is 5.64. The zero-order valence-corrected chi connectivity index (χ0v) is 12.2. The normalized spacial score (nSPS) is 14.2. The van der Waals surface area contributed by atoms with E-state index in [4.69, 9.17) is 4.74 Å². The number of rotatable bonds is 1. The molecule has 20 heavy (non-hydrogen) atoms. The minimum atomic E-state index is 0.180. The van der Waals surface area contributed by atoms with Gasteiger partial charge in [0.15, 0.2) is 11.6 Å². The highest BCUT2D eigenvalue weighted by Crippen LogP contribution is 2.31. The highest BCUT2D eigenvalue weighted by Gasteiger charge is 2.14. The Morgan fingerprint density at radius 3 is 2.55 bits per heavy atom. The number of nitrogens with zero attached hydrogens (tertiary/aromatic N) is 1. The monoisotopic (exact) mass is 268 g/mol. The Labute approximate surface area is 120 Å². The van der Waals surface area contributed by atoms with Crippen molar-refractivity contribution in [2.24, 2.45) is 0 Å². The summed E-state index contributed by atoms with van der Waals surface area (Å²) < 4.78 is 5.64. The van der Waals surface area contributed by atoms with Crippen LogP contribution in [0.1, 0.15) is 26.3 Å². The van der Waals surface area contributed by atoms with E-state index >= 15 is 0 Å². The van der Waals surface area contributed by atoms with Crippen LogP contribution in [0.5, 0.6) is 5.75 Å². The topological polar surface area (TPSA) is 34.1 Å². The third-order valence-electron chi connectivity index (χ3n) is 3.59. The Morgan fingerprint density at radius 2 is 1.85 bits per heavy atom. The molecule has 3 nitrogen and oxygen atoms in total. The Balaban J connectivity index is 1.93. The number of anilines is 1. The number of aromatic nitrogens is 1. The summed E-state index contributed by atoms with van der Waals surface area (Å²) in [5, 5.41) is 3.23. The molecule has 0 atom stereocenters. The first kappa shape index (κ1) is 13.0. The molecule has 1 aliphatic heterocycles. The summed E-state index contributed by atoms with van der Waals surface area (Å²) in [7, 11) is 0. The van der Waals surface area contributed by atoms with Crippen LogP contribution in [0.25, 0.3) is 11.1 Å². The maximum atomic E-state index is 5.64. The van der Waals surface area contributed by atoms with Gasteiger partial charge in [0.1, 0.15) is 6.61 Å². The van der Waals surface area contributed by atoms with E-state index in [2.05, 4.69) is 61.4 Å². The van der Waals surface area contributed by atoms with Crippen molar-refractivity contribution in [1.82, 2.24) is 4.98 Å². The van der Waals surface area contributed by atoms with Crippen molar-refractivity contribution in [2.75, 3.05) is 18.5 Å². The first-order valence-electron chi connectivity index (χ1n) is 7.02. The SMILES string of the molecule is CC(C)(C)c1ccc(-c2cnc3c(c2)OCCN3)cc1. The van der Waals surface area contributed by atoms with Gasteiger partial charge in [-0.3, -0.25) is 0 Å². The summed E-state index contributed by atoms with van der Waals surface area (Å²) in [6, 6.07) is 10.7. The second-order valence-electron chi connectivity index (χ2n) is 6.17. The van der Waals surface area contributed by atoms with Crippen molar-refractivity contribution >= 4 is 5.82 Å². The van der Waals surface area contributed by atoms with Crippen molar-refractivity contribution in [3.63, 3.8) is 0 Å². The second kappa shape index (κ2) is 4.82. The molecule has 0 aliphatic carbocycles. The van der Waals surface area contributed by atoms with Crippen LogP contribution in [0.3, 0.4) is 0 Å². The molecular formula is C17H20N2O. The largest absolute Gasteiger partial charge is 0.488 e. The van der Waals surface area contributed by atoms with Crippen LogP contribution < -0.4 is 10.1 Å². The number of ether oxygens (including phenoxy) is 1. The van der Waals surface area contributed by atoms with Gasteiger partial charge < -0.3 is 10.1 Å². The lowest BCUT2D eigenvalue weighted by Gasteiger charge is -2.20. The summed E-state index contributed by atoms with van der Waals surface area (Å²) in [6.07, 6.45) is 1.90. The molecule has 0 radical (unpaired) electrons. The zero-order chi connectivity index (χ0) is 14.2. The van der Waals surface area contributed by atoms with Crippen LogP contribution in [0.15, 0.2) is 36.5 Å². The fourth-order valence-corrected chi connectivity index (χ4v) is 2.34. The predicted octanol–water partition coefficient (Wildman–Crippen LogP) is 3.85. The van der Waals surface area contributed by atoms with Crippen molar-refractivity contribution < 1.29 is 4.74 Å². The molecule has 1 aliphatic rings. The van der Waals surface area contributed by atoms with E-state index in [0.717, 1.165) is 23.7 Å². The number of fused-ring (bicyclic) bond motifs is 1. The second-order valence-corrected chi connectivity index (χ2v) is 6.17. The lowest BCUT2D eigenvalue weighted by atomic mass is 9.86. The Morgan fingerprint density at radius 1 is 1.10 bits per heavy atom. The highest BCUT2D eigenvalue weighted by atomic mass is 16.5. The number of benzene rings is 1. The van der Waals surface area contributed by atoms with E-state index < -0.39 is 0 Å². The molecule has 1 N–H and O–H groups in total. The van der Waals surface area contributed by atoms with Gasteiger partial charge in [-0.2, -0.15) is 0 Å². The van der Waals surface area contributed by atoms with Gasteiger partial charge in [0.25, 0.3) is 0 Å². The van der Waals surface area contributed by atoms with E-state index in [0.29, 0.717) is 6.61 Å². The molecule has 1 aromatic carbocycles. The molecule has 0 bridgehead atoms. The highest BCUT2D eigenvalue weighted by molar-refractivity contribution is 5.68. The van der Waals surface area contributed by atoms with Crippen molar-refractivity contribution in [1.29, 1.82) is 0 Å². The van der Waals surface area contributed by atoms with E-state index in [1.54, 1.807) is 0 Å². The Hall–Kier alpha value is -2.03. The van der Waals surface area contributed by atoms with Gasteiger partial charge in [0.05, 0.1) is 6.54 Å². The molecule has 0 amide bonds. The van der Waals surface area contributed by atoms with Crippen LogP contribution in [0, 0.1) is 0 Å². The number of hydrogen-bond acceptors (Lipinski definition) is 3. The molecule has 0 unspecified atom stereocenters. The molecule has 1 aromatic heterocycles. The Kier molecular flexibility index (Phi) is 3.13. The minimum absolute atomic E-state index is 0.180. The van der Waals surface area contributed by atoms with Crippen molar-refractivity contribution in [3.8, 4) is 16.9 Å². The van der Waals surface area contributed by atoms with E-state index in [9.17, 15) is 0 Å². The Bertz CT molecular complexity index is 612. The molecule has 0 spiro atoms. The number of hydrogen-bond donors (Lipinski definition) is 1. The standard InChI is InChI=1S/C17H20N2O/c1-17(2,3)14-6-4-12(5-7-14)13-10-15-16(19-11-13)18-8-9-20-15/h4-7,10-11H,8-9H2,1-3H3,(H,18,19). The molecule has 2 heterocycles. The molecule has 3 heteroatoms. The van der Waals surface area contributed by atoms with Crippen LogP contribution >= 0.6 is 0 Å². The van der Waals surface area contributed by atoms with Crippen LogP contribution in [-0.4, -0.2) is 18.1 Å². The third-order valence-corrected chi connectivity index (χ3v) is 3.59. The van der Waals surface area contributed by atoms with E-state index in [1.165, 1.54) is 11.1 Å². The van der Waals surface area contributed by atoms with Gasteiger partial charge in [-0.15, -0.1) is 0 Å². The summed E-state index contributed by atoms with van der Waals surface area (Å²) in [4.78, 5) is 4.43. The maximum Gasteiger partial charge on any atom is 0.168 e. The molecule has 0 saturated carbocycles. The molecular weight excluding hydrogens is 248 g/mol. The van der Waals surface area contributed by atoms with Crippen molar-refractivity contribution in [3.05, 3.63) is 42.1 Å². The predicted molar refractivity (Wildman–Crippen MR) is 82.4 cm³/mol. The van der Waals surface area contributed by atoms with Gasteiger partial charge in [0.2, 0.25) is 0 Å². The number of pyridine rings is 1. The molecule has 3 rings (SSSR count). The third kappa shape index (κ3) is 2.48. The summed E-state index contributed by atoms with van der Waals surface area (Å²) in [6.45, 7) is 8.19. The summed E-state index contributed by atoms with van der Waals surface area (Å²) >= 11 is 0. The first-order valence-corrected chi connectivity index (χ1v) is 7.02. The van der Waals surface area contributed by atoms with Gasteiger partial charge in [-0.1, -0.05) is 45.0 Å². The molecule has 0 saturated heterocycles. The lowest BCUT2D eigenvalue weighted by molar-refractivity contribution is 0.321. The van der Waals surface area contributed by atoms with Gasteiger partial charge in [-0.05, 0) is 22.6 Å². The quantitative estimate of drug-likeness (QED) is 0.853. The average molecular weight is 268 g/mol. The van der Waals surface area contributed by atoms with E-state index in [-0.39, 0.29) is 5.41 Å².